The predicted molar refractivity (Wildman–Crippen MR) is 41.1 cm³/mol. The summed E-state index contributed by atoms with van der Waals surface area (Å²) in [4.78, 5) is 0. The van der Waals surface area contributed by atoms with Gasteiger partial charge in [-0.15, -0.1) is 0 Å². The molecule has 2 fully saturated rings. The van der Waals surface area contributed by atoms with Gasteiger partial charge in [0.15, 0.2) is 0 Å². The molecular formula is C8H15NO2. The monoisotopic (exact) mass is 157 g/mol. The van der Waals surface area contributed by atoms with Gasteiger partial charge in [-0.3, -0.25) is 0 Å². The van der Waals surface area contributed by atoms with E-state index in [1.807, 2.05) is 0 Å². The maximum atomic E-state index is 9.15. The lowest BCUT2D eigenvalue weighted by molar-refractivity contribution is -0.182. The molecule has 0 spiro atoms. The first-order chi connectivity index (χ1) is 5.06. The van der Waals surface area contributed by atoms with Gasteiger partial charge in [-0.2, -0.15) is 0 Å². The van der Waals surface area contributed by atoms with Crippen LogP contribution in [0.15, 0.2) is 0 Å². The largest absolute Gasteiger partial charge is 0.393 e. The Morgan fingerprint density at radius 3 is 2.27 bits per heavy atom. The molecule has 1 saturated heterocycles. The van der Waals surface area contributed by atoms with Crippen LogP contribution in [0.2, 0.25) is 0 Å². The molecule has 0 aromatic carbocycles. The van der Waals surface area contributed by atoms with Crippen molar-refractivity contribution in [1.82, 2.24) is 0 Å². The topological polar surface area (TPSA) is 55.5 Å². The first-order valence-corrected chi connectivity index (χ1v) is 4.10. The Morgan fingerprint density at radius 1 is 1.45 bits per heavy atom. The van der Waals surface area contributed by atoms with Crippen molar-refractivity contribution in [2.24, 2.45) is 11.1 Å². The molecule has 1 saturated carbocycles. The van der Waals surface area contributed by atoms with E-state index in [9.17, 15) is 0 Å². The molecule has 1 aliphatic heterocycles. The predicted octanol–water partition coefficient (Wildman–Crippen LogP) is -0.125. The standard InChI is InChI=1S/C8H15NO2/c1-7(4-11-5-7)8(9)2-6(10)3-8/h6,10H,2-5,9H2,1H3. The van der Waals surface area contributed by atoms with E-state index in [1.54, 1.807) is 0 Å². The highest BCUT2D eigenvalue weighted by Gasteiger charge is 2.56. The zero-order chi connectivity index (χ0) is 8.11. The van der Waals surface area contributed by atoms with E-state index in [4.69, 9.17) is 15.6 Å². The molecule has 0 bridgehead atoms. The van der Waals surface area contributed by atoms with E-state index in [0.29, 0.717) is 0 Å². The van der Waals surface area contributed by atoms with Crippen molar-refractivity contribution < 1.29 is 9.84 Å². The summed E-state index contributed by atoms with van der Waals surface area (Å²) in [7, 11) is 0. The van der Waals surface area contributed by atoms with Gasteiger partial charge in [-0.05, 0) is 12.8 Å². The molecule has 0 aromatic heterocycles. The second-order valence-electron chi connectivity index (χ2n) is 4.27. The zero-order valence-corrected chi connectivity index (χ0v) is 6.84. The SMILES string of the molecule is CC1(C2(N)CC(O)C2)COC1. The molecule has 1 heterocycles. The summed E-state index contributed by atoms with van der Waals surface area (Å²) in [6.45, 7) is 3.66. The molecule has 2 rings (SSSR count). The molecule has 0 aromatic rings. The second-order valence-corrected chi connectivity index (χ2v) is 4.27. The fourth-order valence-electron chi connectivity index (χ4n) is 1.97. The van der Waals surface area contributed by atoms with Crippen molar-refractivity contribution in [2.45, 2.75) is 31.4 Å². The molecular weight excluding hydrogens is 142 g/mol. The molecule has 3 nitrogen and oxygen atoms in total. The molecule has 0 unspecified atom stereocenters. The number of aliphatic hydroxyl groups is 1. The number of hydrogen-bond acceptors (Lipinski definition) is 3. The molecule has 3 N–H and O–H groups in total. The molecule has 3 heteroatoms. The Balaban J connectivity index is 2.04. The lowest BCUT2D eigenvalue weighted by Gasteiger charge is -2.58. The Labute approximate surface area is 66.5 Å². The van der Waals surface area contributed by atoms with E-state index in [1.165, 1.54) is 0 Å². The second kappa shape index (κ2) is 1.97. The summed E-state index contributed by atoms with van der Waals surface area (Å²) in [6, 6.07) is 0. The first kappa shape index (κ1) is 7.53. The normalized spacial score (nSPS) is 47.7. The van der Waals surface area contributed by atoms with Crippen LogP contribution in [0, 0.1) is 5.41 Å². The van der Waals surface area contributed by atoms with Gasteiger partial charge >= 0.3 is 0 Å². The van der Waals surface area contributed by atoms with Crippen LogP contribution in [0.1, 0.15) is 19.8 Å². The average molecular weight is 157 g/mol. The van der Waals surface area contributed by atoms with Crippen molar-refractivity contribution in [1.29, 1.82) is 0 Å². The van der Waals surface area contributed by atoms with E-state index in [0.717, 1.165) is 26.1 Å². The molecule has 0 radical (unpaired) electrons. The van der Waals surface area contributed by atoms with Gasteiger partial charge < -0.3 is 15.6 Å². The van der Waals surface area contributed by atoms with Crippen LogP contribution in [-0.4, -0.2) is 30.0 Å². The molecule has 0 atom stereocenters. The maximum absolute atomic E-state index is 9.15. The van der Waals surface area contributed by atoms with Crippen molar-refractivity contribution in [3.63, 3.8) is 0 Å². The summed E-state index contributed by atoms with van der Waals surface area (Å²) >= 11 is 0. The van der Waals surface area contributed by atoms with Crippen LogP contribution in [-0.2, 0) is 4.74 Å². The molecule has 1 aliphatic carbocycles. The van der Waals surface area contributed by atoms with Crippen LogP contribution < -0.4 is 5.73 Å². The molecule has 0 amide bonds. The third kappa shape index (κ3) is 0.849. The van der Waals surface area contributed by atoms with E-state index in [-0.39, 0.29) is 17.1 Å². The van der Waals surface area contributed by atoms with E-state index < -0.39 is 0 Å². The number of nitrogens with two attached hydrogens (primary N) is 1. The summed E-state index contributed by atoms with van der Waals surface area (Å²) in [6.07, 6.45) is 1.32. The quantitative estimate of drug-likeness (QED) is 0.557. The Kier molecular flexibility index (Phi) is 1.35. The van der Waals surface area contributed by atoms with Crippen molar-refractivity contribution in [2.75, 3.05) is 13.2 Å². The van der Waals surface area contributed by atoms with Crippen LogP contribution in [0.5, 0.6) is 0 Å². The molecule has 2 aliphatic rings. The number of aliphatic hydroxyl groups excluding tert-OH is 1. The summed E-state index contributed by atoms with van der Waals surface area (Å²) in [5.74, 6) is 0. The van der Waals surface area contributed by atoms with E-state index >= 15 is 0 Å². The maximum Gasteiger partial charge on any atom is 0.0575 e. The van der Waals surface area contributed by atoms with Crippen LogP contribution >= 0.6 is 0 Å². The summed E-state index contributed by atoms with van der Waals surface area (Å²) in [5, 5.41) is 9.15. The molecule has 11 heavy (non-hydrogen) atoms. The van der Waals surface area contributed by atoms with Crippen LogP contribution in [0.25, 0.3) is 0 Å². The Bertz CT molecular complexity index is 171. The van der Waals surface area contributed by atoms with Gasteiger partial charge in [0, 0.05) is 11.0 Å². The number of rotatable bonds is 1. The minimum atomic E-state index is -0.169. The number of hydrogen-bond donors (Lipinski definition) is 2. The van der Waals surface area contributed by atoms with Crippen LogP contribution in [0.4, 0.5) is 0 Å². The van der Waals surface area contributed by atoms with Crippen molar-refractivity contribution in [3.05, 3.63) is 0 Å². The lowest BCUT2D eigenvalue weighted by Crippen LogP contribution is -2.70. The van der Waals surface area contributed by atoms with Gasteiger partial charge in [0.05, 0.1) is 19.3 Å². The zero-order valence-electron chi connectivity index (χ0n) is 6.84. The third-order valence-electron chi connectivity index (χ3n) is 3.24. The highest BCUT2D eigenvalue weighted by atomic mass is 16.5. The first-order valence-electron chi connectivity index (χ1n) is 4.10. The fraction of sp³-hybridized carbons (Fsp3) is 1.00. The van der Waals surface area contributed by atoms with Crippen LogP contribution in [0.3, 0.4) is 0 Å². The van der Waals surface area contributed by atoms with Gasteiger partial charge in [0.2, 0.25) is 0 Å². The highest BCUT2D eigenvalue weighted by molar-refractivity contribution is 5.11. The minimum Gasteiger partial charge on any atom is -0.393 e. The smallest absolute Gasteiger partial charge is 0.0575 e. The van der Waals surface area contributed by atoms with E-state index in [2.05, 4.69) is 6.92 Å². The van der Waals surface area contributed by atoms with Gasteiger partial charge in [0.25, 0.3) is 0 Å². The summed E-state index contributed by atoms with van der Waals surface area (Å²) in [5.41, 5.74) is 6.08. The van der Waals surface area contributed by atoms with Gasteiger partial charge in [0.1, 0.15) is 0 Å². The van der Waals surface area contributed by atoms with Crippen molar-refractivity contribution >= 4 is 0 Å². The highest BCUT2D eigenvalue weighted by Crippen LogP contribution is 2.48. The minimum absolute atomic E-state index is 0.131. The molecule has 64 valence electrons. The average Bonchev–Trinajstić information content (AvgIpc) is 1.79. The number of ether oxygens (including phenoxy) is 1. The lowest BCUT2D eigenvalue weighted by atomic mass is 9.58. The fourth-order valence-corrected chi connectivity index (χ4v) is 1.97. The summed E-state index contributed by atoms with van der Waals surface area (Å²) < 4.78 is 5.13. The van der Waals surface area contributed by atoms with Crippen molar-refractivity contribution in [3.8, 4) is 0 Å². The Morgan fingerprint density at radius 2 is 2.00 bits per heavy atom. The third-order valence-corrected chi connectivity index (χ3v) is 3.24. The van der Waals surface area contributed by atoms with Gasteiger partial charge in [-0.1, -0.05) is 6.92 Å². The Hall–Kier alpha value is -0.120. The van der Waals surface area contributed by atoms with Gasteiger partial charge in [-0.25, -0.2) is 0 Å².